The van der Waals surface area contributed by atoms with Crippen LogP contribution in [0.2, 0.25) is 0 Å². The lowest BCUT2D eigenvalue weighted by molar-refractivity contribution is -0.153. The van der Waals surface area contributed by atoms with Gasteiger partial charge in [0.05, 0.1) is 11.6 Å². The minimum absolute atomic E-state index is 0.0254. The molecule has 6 N–H and O–H groups in total. The first-order valence-electron chi connectivity index (χ1n) is 11.5. The zero-order valence-corrected chi connectivity index (χ0v) is 21.5. The van der Waals surface area contributed by atoms with E-state index in [-0.39, 0.29) is 29.7 Å². The number of hydrogen-bond acceptors (Lipinski definition) is 9. The first-order valence-corrected chi connectivity index (χ1v) is 12.3. The summed E-state index contributed by atoms with van der Waals surface area (Å²) in [5.74, 6) is -6.78. The van der Waals surface area contributed by atoms with E-state index in [9.17, 15) is 34.8 Å². The summed E-state index contributed by atoms with van der Waals surface area (Å²) in [6.45, 7) is 0. The Morgan fingerprint density at radius 3 is 2.51 bits per heavy atom. The first kappa shape index (κ1) is 25.1. The number of benzene rings is 1. The lowest BCUT2D eigenvalue weighted by Gasteiger charge is -2.50. The molecular weight excluding hydrogens is 546 g/mol. The molecule has 0 radical (unpaired) electrons. The van der Waals surface area contributed by atoms with Crippen LogP contribution in [0.5, 0.6) is 5.75 Å². The summed E-state index contributed by atoms with van der Waals surface area (Å²) in [6.07, 6.45) is 3.48. The number of pyridine rings is 1. The molecule has 11 heteroatoms. The van der Waals surface area contributed by atoms with E-state index in [4.69, 9.17) is 5.73 Å². The lowest BCUT2D eigenvalue weighted by Crippen LogP contribution is -2.65. The Morgan fingerprint density at radius 1 is 1.19 bits per heavy atom. The number of nitrogens with two attached hydrogens (primary N) is 1. The van der Waals surface area contributed by atoms with Crippen LogP contribution in [0.4, 0.5) is 0 Å². The Labute approximate surface area is 219 Å². The van der Waals surface area contributed by atoms with E-state index in [2.05, 4.69) is 20.9 Å². The Balaban J connectivity index is 1.75. The number of rotatable bonds is 3. The van der Waals surface area contributed by atoms with E-state index in [1.54, 1.807) is 32.6 Å². The van der Waals surface area contributed by atoms with Crippen LogP contribution in [-0.2, 0) is 20.8 Å². The largest absolute Gasteiger partial charge is 0.508 e. The molecule has 192 valence electrons. The number of nitrogens with zero attached hydrogens (tertiary/aromatic N) is 2. The highest BCUT2D eigenvalue weighted by Gasteiger charge is 2.64. The Hall–Kier alpha value is -3.54. The number of carbonyl (C=O) groups is 3. The second-order valence-corrected chi connectivity index (χ2v) is 10.8. The van der Waals surface area contributed by atoms with E-state index in [1.807, 2.05) is 6.07 Å². The third-order valence-corrected chi connectivity index (χ3v) is 8.05. The van der Waals surface area contributed by atoms with Crippen LogP contribution in [0.15, 0.2) is 52.0 Å². The highest BCUT2D eigenvalue weighted by atomic mass is 79.9. The molecule has 0 bridgehead atoms. The van der Waals surface area contributed by atoms with E-state index in [0.29, 0.717) is 16.7 Å². The van der Waals surface area contributed by atoms with Crippen molar-refractivity contribution in [1.82, 2.24) is 9.88 Å². The maximum Gasteiger partial charge on any atom is 0.255 e. The summed E-state index contributed by atoms with van der Waals surface area (Å²) in [5, 5.41) is 44.5. The van der Waals surface area contributed by atoms with Crippen LogP contribution < -0.4 is 5.73 Å². The Kier molecular flexibility index (Phi) is 5.78. The average Bonchev–Trinajstić information content (AvgIpc) is 2.81. The third kappa shape index (κ3) is 3.45. The normalized spacial score (nSPS) is 27.2. The molecule has 37 heavy (non-hydrogen) atoms. The molecule has 4 atom stereocenters. The summed E-state index contributed by atoms with van der Waals surface area (Å²) in [6, 6.07) is 3.78. The number of aliphatic hydroxyl groups excluding tert-OH is 2. The Bertz CT molecular complexity index is 1460. The van der Waals surface area contributed by atoms with Gasteiger partial charge >= 0.3 is 0 Å². The number of aromatic nitrogens is 1. The van der Waals surface area contributed by atoms with Crippen molar-refractivity contribution in [3.63, 3.8) is 0 Å². The molecule has 1 saturated carbocycles. The summed E-state index contributed by atoms with van der Waals surface area (Å²) >= 11 is 3.39. The summed E-state index contributed by atoms with van der Waals surface area (Å²) in [7, 11) is 3.12. The lowest BCUT2D eigenvalue weighted by atomic mass is 9.57. The predicted molar refractivity (Wildman–Crippen MR) is 135 cm³/mol. The highest BCUT2D eigenvalue weighted by molar-refractivity contribution is 9.10. The maximum absolute atomic E-state index is 13.9. The standard InChI is InChI=1S/C26H24BrN3O7/c1-30(2)20-15-7-10-6-14-13(11-5-12(27)9-29-8-11)3-4-16(31)18(14)21(32)17(10)23(34)26(15,37)24(35)19(22(20)33)25(28)36/h3-5,8-10,15,20,31-32,35,37H,6-7H2,1-2H3,(H2,28,36). The van der Waals surface area contributed by atoms with Gasteiger partial charge in [-0.1, -0.05) is 6.07 Å². The SMILES string of the molecule is CN(C)C1C(=O)C(C(N)=O)=C(O)C2(O)C(=O)C3=C(O)c4c(O)ccc(-c5cncc(Br)c5)c4CC3CC12. The number of likely N-dealkylation sites (N-methyl/N-ethyl adjacent to an activating group) is 1. The molecule has 1 aromatic heterocycles. The van der Waals surface area contributed by atoms with E-state index in [0.717, 1.165) is 4.47 Å². The minimum atomic E-state index is -2.66. The number of aromatic hydroxyl groups is 1. The van der Waals surface area contributed by atoms with Crippen LogP contribution in [0.3, 0.4) is 0 Å². The molecule has 1 amide bonds. The number of aliphatic hydroxyl groups is 3. The molecule has 1 aromatic carbocycles. The monoisotopic (exact) mass is 569 g/mol. The molecule has 3 aliphatic rings. The molecule has 10 nitrogen and oxygen atoms in total. The van der Waals surface area contributed by atoms with E-state index in [1.165, 1.54) is 11.0 Å². The molecule has 0 spiro atoms. The quantitative estimate of drug-likeness (QED) is 0.345. The number of halogens is 1. The van der Waals surface area contributed by atoms with Crippen molar-refractivity contribution in [2.75, 3.05) is 14.1 Å². The van der Waals surface area contributed by atoms with Crippen molar-refractivity contribution in [3.05, 3.63) is 63.1 Å². The molecule has 0 saturated heterocycles. The zero-order chi connectivity index (χ0) is 27.0. The van der Waals surface area contributed by atoms with Gasteiger partial charge in [0.2, 0.25) is 5.78 Å². The highest BCUT2D eigenvalue weighted by Crippen LogP contribution is 2.53. The fraction of sp³-hybridized carbons (Fsp3) is 0.308. The van der Waals surface area contributed by atoms with Crippen LogP contribution in [0, 0.1) is 11.8 Å². The number of amides is 1. The summed E-state index contributed by atoms with van der Waals surface area (Å²) in [5.41, 5.74) is 3.66. The number of phenolic OH excluding ortho intramolecular Hbond substituents is 1. The van der Waals surface area contributed by atoms with Gasteiger partial charge in [0.25, 0.3) is 5.91 Å². The average molecular weight is 570 g/mol. The van der Waals surface area contributed by atoms with Crippen molar-refractivity contribution < 1.29 is 34.8 Å². The summed E-state index contributed by atoms with van der Waals surface area (Å²) in [4.78, 5) is 44.7. The smallest absolute Gasteiger partial charge is 0.255 e. The zero-order valence-electron chi connectivity index (χ0n) is 19.9. The van der Waals surface area contributed by atoms with Gasteiger partial charge in [0.15, 0.2) is 11.4 Å². The second kappa shape index (κ2) is 8.51. The van der Waals surface area contributed by atoms with Crippen LogP contribution in [0.1, 0.15) is 17.5 Å². The van der Waals surface area contributed by atoms with Crippen LogP contribution in [0.25, 0.3) is 16.9 Å². The van der Waals surface area contributed by atoms with Gasteiger partial charge in [-0.05, 0) is 72.0 Å². The number of ketones is 2. The van der Waals surface area contributed by atoms with Crippen molar-refractivity contribution in [1.29, 1.82) is 0 Å². The summed E-state index contributed by atoms with van der Waals surface area (Å²) < 4.78 is 0.725. The van der Waals surface area contributed by atoms with Crippen molar-refractivity contribution in [2.24, 2.45) is 17.6 Å². The molecule has 3 aliphatic carbocycles. The fourth-order valence-corrected chi connectivity index (χ4v) is 6.44. The number of phenols is 1. The van der Waals surface area contributed by atoms with Crippen molar-refractivity contribution in [3.8, 4) is 16.9 Å². The first-order chi connectivity index (χ1) is 17.4. The molecule has 5 rings (SSSR count). The van der Waals surface area contributed by atoms with Crippen LogP contribution in [-0.4, -0.2) is 73.5 Å². The maximum atomic E-state index is 13.9. The molecule has 0 aliphatic heterocycles. The molecular formula is C26H24BrN3O7. The number of fused-ring (bicyclic) bond motifs is 3. The predicted octanol–water partition coefficient (Wildman–Crippen LogP) is 1.79. The van der Waals surface area contributed by atoms with Gasteiger partial charge in [0, 0.05) is 33.9 Å². The fourth-order valence-electron chi connectivity index (χ4n) is 6.07. The molecule has 2 aromatic rings. The third-order valence-electron chi connectivity index (χ3n) is 7.62. The van der Waals surface area contributed by atoms with Gasteiger partial charge in [-0.15, -0.1) is 0 Å². The van der Waals surface area contributed by atoms with Gasteiger partial charge in [-0.2, -0.15) is 0 Å². The Morgan fingerprint density at radius 2 is 1.89 bits per heavy atom. The topological polar surface area (TPSA) is 174 Å². The van der Waals surface area contributed by atoms with Crippen molar-refractivity contribution >= 4 is 39.2 Å². The molecule has 4 unspecified atom stereocenters. The van der Waals surface area contributed by atoms with E-state index < -0.39 is 58.0 Å². The van der Waals surface area contributed by atoms with Gasteiger partial charge in [-0.3, -0.25) is 24.3 Å². The number of carbonyl (C=O) groups excluding carboxylic acids is 3. The minimum Gasteiger partial charge on any atom is -0.508 e. The molecule has 1 heterocycles. The number of Topliss-reactive ketones (excluding diaryl/α,β-unsaturated/α-hetero) is 2. The van der Waals surface area contributed by atoms with Gasteiger partial charge < -0.3 is 26.2 Å². The van der Waals surface area contributed by atoms with Crippen LogP contribution >= 0.6 is 15.9 Å². The van der Waals surface area contributed by atoms with Gasteiger partial charge in [-0.25, -0.2) is 0 Å². The number of primary amides is 1. The van der Waals surface area contributed by atoms with E-state index >= 15 is 0 Å². The van der Waals surface area contributed by atoms with Crippen molar-refractivity contribution in [2.45, 2.75) is 24.5 Å². The second-order valence-electron chi connectivity index (χ2n) is 9.84. The van der Waals surface area contributed by atoms with Gasteiger partial charge in [0.1, 0.15) is 22.8 Å². The number of hydrogen-bond donors (Lipinski definition) is 5. The molecule has 1 fully saturated rings.